The fourth-order valence-corrected chi connectivity index (χ4v) is 1.79. The summed E-state index contributed by atoms with van der Waals surface area (Å²) >= 11 is 0. The molecular weight excluding hydrogens is 228 g/mol. The molecule has 0 saturated heterocycles. The Balaban J connectivity index is 2.70. The highest BCUT2D eigenvalue weighted by Gasteiger charge is 2.16. The SMILES string of the molecule is CCCCN(CCCC)C(=O)c1cc(C=O)c[nH]1. The number of nitrogens with zero attached hydrogens (tertiary/aromatic N) is 1. The van der Waals surface area contributed by atoms with Crippen molar-refractivity contribution in [2.45, 2.75) is 39.5 Å². The van der Waals surface area contributed by atoms with Crippen molar-refractivity contribution in [3.05, 3.63) is 23.5 Å². The minimum absolute atomic E-state index is 0.00926. The number of carbonyl (C=O) groups is 2. The van der Waals surface area contributed by atoms with E-state index in [1.54, 1.807) is 12.3 Å². The largest absolute Gasteiger partial charge is 0.356 e. The van der Waals surface area contributed by atoms with Crippen LogP contribution in [-0.4, -0.2) is 35.2 Å². The first kappa shape index (κ1) is 14.5. The van der Waals surface area contributed by atoms with Crippen molar-refractivity contribution in [1.82, 2.24) is 9.88 Å². The number of hydrogen-bond donors (Lipinski definition) is 1. The zero-order valence-electron chi connectivity index (χ0n) is 11.2. The molecule has 1 rings (SSSR count). The Kier molecular flexibility index (Phi) is 6.19. The van der Waals surface area contributed by atoms with Gasteiger partial charge < -0.3 is 9.88 Å². The molecule has 0 radical (unpaired) electrons. The van der Waals surface area contributed by atoms with Crippen molar-refractivity contribution in [2.24, 2.45) is 0 Å². The van der Waals surface area contributed by atoms with Gasteiger partial charge in [0.15, 0.2) is 6.29 Å². The van der Waals surface area contributed by atoms with Crippen LogP contribution in [0, 0.1) is 0 Å². The smallest absolute Gasteiger partial charge is 0.270 e. The molecule has 0 aromatic carbocycles. The van der Waals surface area contributed by atoms with E-state index in [2.05, 4.69) is 18.8 Å². The number of unbranched alkanes of at least 4 members (excludes halogenated alkanes) is 2. The van der Waals surface area contributed by atoms with Gasteiger partial charge in [0.2, 0.25) is 0 Å². The normalized spacial score (nSPS) is 10.3. The molecule has 18 heavy (non-hydrogen) atoms. The number of hydrogen-bond acceptors (Lipinski definition) is 2. The number of aldehydes is 1. The van der Waals surface area contributed by atoms with Crippen LogP contribution in [0.25, 0.3) is 0 Å². The standard InChI is InChI=1S/C14H22N2O2/c1-3-5-7-16(8-6-4-2)14(18)13-9-12(11-17)10-15-13/h9-11,15H,3-8H2,1-2H3. The Morgan fingerprint density at radius 3 is 2.33 bits per heavy atom. The third-order valence-electron chi connectivity index (χ3n) is 2.92. The highest BCUT2D eigenvalue weighted by Crippen LogP contribution is 2.08. The van der Waals surface area contributed by atoms with Crippen LogP contribution in [0.5, 0.6) is 0 Å². The molecule has 0 aliphatic rings. The van der Waals surface area contributed by atoms with Crippen LogP contribution in [0.2, 0.25) is 0 Å². The Morgan fingerprint density at radius 1 is 1.28 bits per heavy atom. The molecule has 0 saturated carbocycles. The maximum absolute atomic E-state index is 12.3. The number of aromatic nitrogens is 1. The molecule has 0 aliphatic heterocycles. The topological polar surface area (TPSA) is 53.2 Å². The van der Waals surface area contributed by atoms with Gasteiger partial charge >= 0.3 is 0 Å². The summed E-state index contributed by atoms with van der Waals surface area (Å²) in [6.45, 7) is 5.79. The first-order valence-electron chi connectivity index (χ1n) is 6.65. The summed E-state index contributed by atoms with van der Waals surface area (Å²) in [5, 5.41) is 0. The van der Waals surface area contributed by atoms with Crippen LogP contribution in [0.4, 0.5) is 0 Å². The average molecular weight is 250 g/mol. The minimum atomic E-state index is -0.00926. The molecule has 0 atom stereocenters. The third-order valence-corrected chi connectivity index (χ3v) is 2.92. The molecule has 0 bridgehead atoms. The van der Waals surface area contributed by atoms with E-state index in [9.17, 15) is 9.59 Å². The van der Waals surface area contributed by atoms with E-state index in [4.69, 9.17) is 0 Å². The first-order chi connectivity index (χ1) is 8.72. The molecule has 0 unspecified atom stereocenters. The van der Waals surface area contributed by atoms with E-state index in [1.807, 2.05) is 4.90 Å². The molecule has 1 aromatic heterocycles. The molecule has 1 heterocycles. The van der Waals surface area contributed by atoms with Gasteiger partial charge in [-0.05, 0) is 18.9 Å². The van der Waals surface area contributed by atoms with Crippen LogP contribution in [0.1, 0.15) is 60.4 Å². The molecule has 1 aromatic rings. The van der Waals surface area contributed by atoms with Gasteiger partial charge in [-0.15, -0.1) is 0 Å². The maximum Gasteiger partial charge on any atom is 0.270 e. The summed E-state index contributed by atoms with van der Waals surface area (Å²) in [7, 11) is 0. The number of rotatable bonds is 8. The van der Waals surface area contributed by atoms with Crippen LogP contribution >= 0.6 is 0 Å². The molecule has 1 amide bonds. The van der Waals surface area contributed by atoms with Gasteiger partial charge in [0.25, 0.3) is 5.91 Å². The highest BCUT2D eigenvalue weighted by atomic mass is 16.2. The summed E-state index contributed by atoms with van der Waals surface area (Å²) < 4.78 is 0. The predicted molar refractivity (Wildman–Crippen MR) is 71.9 cm³/mol. The second-order valence-electron chi connectivity index (χ2n) is 4.46. The van der Waals surface area contributed by atoms with Gasteiger partial charge in [0.05, 0.1) is 0 Å². The summed E-state index contributed by atoms with van der Waals surface area (Å²) in [6, 6.07) is 1.61. The van der Waals surface area contributed by atoms with Crippen LogP contribution in [0.3, 0.4) is 0 Å². The molecule has 0 aliphatic carbocycles. The summed E-state index contributed by atoms with van der Waals surface area (Å²) in [5.41, 5.74) is 1.02. The second-order valence-corrected chi connectivity index (χ2v) is 4.46. The second kappa shape index (κ2) is 7.69. The van der Waals surface area contributed by atoms with E-state index in [0.717, 1.165) is 45.1 Å². The number of aromatic amines is 1. The molecule has 1 N–H and O–H groups in total. The number of amides is 1. The zero-order valence-corrected chi connectivity index (χ0v) is 11.2. The quantitative estimate of drug-likeness (QED) is 0.721. The van der Waals surface area contributed by atoms with Crippen molar-refractivity contribution in [3.63, 3.8) is 0 Å². The minimum Gasteiger partial charge on any atom is -0.356 e. The van der Waals surface area contributed by atoms with E-state index in [0.29, 0.717) is 11.3 Å². The van der Waals surface area contributed by atoms with E-state index < -0.39 is 0 Å². The zero-order chi connectivity index (χ0) is 13.4. The summed E-state index contributed by atoms with van der Waals surface area (Å²) in [5.74, 6) is -0.00926. The van der Waals surface area contributed by atoms with Crippen molar-refractivity contribution < 1.29 is 9.59 Å². The molecule has 100 valence electrons. The van der Waals surface area contributed by atoms with Gasteiger partial charge in [-0.3, -0.25) is 9.59 Å². The third kappa shape index (κ3) is 4.02. The van der Waals surface area contributed by atoms with E-state index in [1.165, 1.54) is 0 Å². The van der Waals surface area contributed by atoms with Crippen molar-refractivity contribution in [3.8, 4) is 0 Å². The summed E-state index contributed by atoms with van der Waals surface area (Å²) in [6.07, 6.45) is 6.47. The van der Waals surface area contributed by atoms with Gasteiger partial charge in [-0.1, -0.05) is 26.7 Å². The lowest BCUT2D eigenvalue weighted by molar-refractivity contribution is 0.0746. The Labute approximate surface area is 108 Å². The molecule has 0 fully saturated rings. The van der Waals surface area contributed by atoms with Crippen molar-refractivity contribution in [1.29, 1.82) is 0 Å². The fraction of sp³-hybridized carbons (Fsp3) is 0.571. The van der Waals surface area contributed by atoms with Gasteiger partial charge in [0.1, 0.15) is 5.69 Å². The lowest BCUT2D eigenvalue weighted by Gasteiger charge is -2.21. The Bertz CT molecular complexity index is 377. The summed E-state index contributed by atoms with van der Waals surface area (Å²) in [4.78, 5) is 27.6. The number of nitrogens with one attached hydrogen (secondary N) is 1. The number of H-pyrrole nitrogens is 1. The fourth-order valence-electron chi connectivity index (χ4n) is 1.79. The highest BCUT2D eigenvalue weighted by molar-refractivity contribution is 5.94. The number of carbonyl (C=O) groups excluding carboxylic acids is 2. The molecular formula is C14H22N2O2. The maximum atomic E-state index is 12.3. The Morgan fingerprint density at radius 2 is 1.89 bits per heavy atom. The van der Waals surface area contributed by atoms with Gasteiger partial charge in [-0.25, -0.2) is 0 Å². The molecule has 0 spiro atoms. The lowest BCUT2D eigenvalue weighted by atomic mass is 10.2. The van der Waals surface area contributed by atoms with E-state index in [-0.39, 0.29) is 5.91 Å². The lowest BCUT2D eigenvalue weighted by Crippen LogP contribution is -2.33. The van der Waals surface area contributed by atoms with Crippen LogP contribution < -0.4 is 0 Å². The van der Waals surface area contributed by atoms with Crippen molar-refractivity contribution in [2.75, 3.05) is 13.1 Å². The Hall–Kier alpha value is -1.58. The average Bonchev–Trinajstić information content (AvgIpc) is 2.87. The first-order valence-corrected chi connectivity index (χ1v) is 6.65. The molecule has 4 nitrogen and oxygen atoms in total. The molecule has 4 heteroatoms. The van der Waals surface area contributed by atoms with Gasteiger partial charge in [-0.2, -0.15) is 0 Å². The van der Waals surface area contributed by atoms with Gasteiger partial charge in [0, 0.05) is 24.8 Å². The van der Waals surface area contributed by atoms with E-state index >= 15 is 0 Å². The van der Waals surface area contributed by atoms with Crippen molar-refractivity contribution >= 4 is 12.2 Å². The predicted octanol–water partition coefficient (Wildman–Crippen LogP) is 2.87. The van der Waals surface area contributed by atoms with Crippen LogP contribution in [0.15, 0.2) is 12.3 Å². The monoisotopic (exact) mass is 250 g/mol. The van der Waals surface area contributed by atoms with Crippen LogP contribution in [-0.2, 0) is 0 Å².